The zero-order chi connectivity index (χ0) is 14.8. The molecule has 2 N–H and O–H groups in total. The predicted octanol–water partition coefficient (Wildman–Crippen LogP) is 2.20. The van der Waals surface area contributed by atoms with Crippen LogP contribution in [0.5, 0.6) is 0 Å². The van der Waals surface area contributed by atoms with Gasteiger partial charge in [0.05, 0.1) is 18.1 Å². The van der Waals surface area contributed by atoms with Crippen LogP contribution in [0, 0.1) is 5.92 Å². The summed E-state index contributed by atoms with van der Waals surface area (Å²) >= 11 is 0. The molecule has 2 atom stereocenters. The molecule has 1 amide bonds. The molecule has 20 heavy (non-hydrogen) atoms. The molecule has 1 heterocycles. The Kier molecular flexibility index (Phi) is 4.33. The first kappa shape index (κ1) is 14.9. The van der Waals surface area contributed by atoms with Gasteiger partial charge in [-0.2, -0.15) is 0 Å². The van der Waals surface area contributed by atoms with Crippen molar-refractivity contribution in [2.75, 3.05) is 19.0 Å². The van der Waals surface area contributed by atoms with Crippen molar-refractivity contribution >= 4 is 11.6 Å². The van der Waals surface area contributed by atoms with Crippen LogP contribution in [0.4, 0.5) is 5.69 Å². The largest absolute Gasteiger partial charge is 0.382 e. The third kappa shape index (κ3) is 3.31. The Balaban J connectivity index is 2.08. The molecular formula is C16H24N2O2. The summed E-state index contributed by atoms with van der Waals surface area (Å²) in [4.78, 5) is 12.5. The standard InChI is InChI=1S/C16H24N2O2/c1-11-13(15(19)18-16(2,3)10-20-4)9-12-7-5-6-8-14(12)17-11/h5-8,11,13,17H,9-10H2,1-4H3,(H,18,19). The average molecular weight is 276 g/mol. The molecule has 0 bridgehead atoms. The first-order valence-corrected chi connectivity index (χ1v) is 7.08. The number of amides is 1. The number of methoxy groups -OCH3 is 1. The lowest BCUT2D eigenvalue weighted by atomic mass is 9.86. The van der Waals surface area contributed by atoms with E-state index in [1.165, 1.54) is 5.56 Å². The number of hydrogen-bond donors (Lipinski definition) is 2. The summed E-state index contributed by atoms with van der Waals surface area (Å²) in [7, 11) is 1.65. The SMILES string of the molecule is COCC(C)(C)NC(=O)C1Cc2ccccc2NC1C. The zero-order valence-electron chi connectivity index (χ0n) is 12.7. The van der Waals surface area contributed by atoms with Gasteiger partial charge in [0.15, 0.2) is 0 Å². The van der Waals surface area contributed by atoms with Gasteiger partial charge in [-0.3, -0.25) is 4.79 Å². The maximum Gasteiger partial charge on any atom is 0.225 e. The second kappa shape index (κ2) is 5.83. The second-order valence-electron chi connectivity index (χ2n) is 6.21. The number of carbonyl (C=O) groups excluding carboxylic acids is 1. The van der Waals surface area contributed by atoms with Crippen molar-refractivity contribution in [3.8, 4) is 0 Å². The number of anilines is 1. The van der Waals surface area contributed by atoms with Gasteiger partial charge in [-0.25, -0.2) is 0 Å². The molecule has 0 aromatic heterocycles. The number of rotatable bonds is 4. The lowest BCUT2D eigenvalue weighted by Crippen LogP contribution is -2.52. The summed E-state index contributed by atoms with van der Waals surface area (Å²) in [5.41, 5.74) is 2.00. The summed E-state index contributed by atoms with van der Waals surface area (Å²) in [6.45, 7) is 6.51. The lowest BCUT2D eigenvalue weighted by Gasteiger charge is -2.34. The van der Waals surface area contributed by atoms with Crippen LogP contribution in [-0.2, 0) is 16.0 Å². The summed E-state index contributed by atoms with van der Waals surface area (Å²) in [5.74, 6) is 0.0302. The number of hydrogen-bond acceptors (Lipinski definition) is 3. The van der Waals surface area contributed by atoms with E-state index in [1.54, 1.807) is 7.11 Å². The minimum atomic E-state index is -0.345. The monoisotopic (exact) mass is 276 g/mol. The van der Waals surface area contributed by atoms with Gasteiger partial charge in [0.1, 0.15) is 0 Å². The smallest absolute Gasteiger partial charge is 0.225 e. The quantitative estimate of drug-likeness (QED) is 0.886. The Hall–Kier alpha value is -1.55. The van der Waals surface area contributed by atoms with Crippen molar-refractivity contribution < 1.29 is 9.53 Å². The van der Waals surface area contributed by atoms with Crippen LogP contribution in [0.1, 0.15) is 26.3 Å². The van der Waals surface area contributed by atoms with Gasteiger partial charge in [0.2, 0.25) is 5.91 Å². The molecule has 4 heteroatoms. The first-order valence-electron chi connectivity index (χ1n) is 7.08. The van der Waals surface area contributed by atoms with E-state index >= 15 is 0 Å². The minimum absolute atomic E-state index is 0.0546. The van der Waals surface area contributed by atoms with Crippen LogP contribution < -0.4 is 10.6 Å². The topological polar surface area (TPSA) is 50.4 Å². The van der Waals surface area contributed by atoms with Crippen molar-refractivity contribution in [1.29, 1.82) is 0 Å². The number of benzene rings is 1. The van der Waals surface area contributed by atoms with E-state index in [4.69, 9.17) is 4.74 Å². The fourth-order valence-electron chi connectivity index (χ4n) is 2.74. The maximum absolute atomic E-state index is 12.5. The molecular weight excluding hydrogens is 252 g/mol. The second-order valence-corrected chi connectivity index (χ2v) is 6.21. The van der Waals surface area contributed by atoms with E-state index in [-0.39, 0.29) is 23.4 Å². The number of fused-ring (bicyclic) bond motifs is 1. The maximum atomic E-state index is 12.5. The summed E-state index contributed by atoms with van der Waals surface area (Å²) < 4.78 is 5.15. The van der Waals surface area contributed by atoms with Crippen LogP contribution in [-0.4, -0.2) is 31.2 Å². The van der Waals surface area contributed by atoms with Crippen LogP contribution in [0.25, 0.3) is 0 Å². The van der Waals surface area contributed by atoms with Gasteiger partial charge in [-0.15, -0.1) is 0 Å². The molecule has 0 aliphatic carbocycles. The molecule has 0 saturated heterocycles. The van der Waals surface area contributed by atoms with E-state index in [9.17, 15) is 4.79 Å². The number of para-hydroxylation sites is 1. The van der Waals surface area contributed by atoms with Gasteiger partial charge in [0.25, 0.3) is 0 Å². The van der Waals surface area contributed by atoms with Gasteiger partial charge >= 0.3 is 0 Å². The van der Waals surface area contributed by atoms with Crippen molar-refractivity contribution in [2.24, 2.45) is 5.92 Å². The highest BCUT2D eigenvalue weighted by Gasteiger charge is 2.33. The van der Waals surface area contributed by atoms with Crippen LogP contribution >= 0.6 is 0 Å². The summed E-state index contributed by atoms with van der Waals surface area (Å²) in [5, 5.41) is 6.50. The highest BCUT2D eigenvalue weighted by Crippen LogP contribution is 2.28. The molecule has 1 aromatic carbocycles. The van der Waals surface area contributed by atoms with E-state index in [2.05, 4.69) is 29.7 Å². The van der Waals surface area contributed by atoms with E-state index < -0.39 is 0 Å². The highest BCUT2D eigenvalue weighted by atomic mass is 16.5. The van der Waals surface area contributed by atoms with E-state index in [1.807, 2.05) is 26.0 Å². The third-order valence-electron chi connectivity index (χ3n) is 3.75. The molecule has 4 nitrogen and oxygen atoms in total. The predicted molar refractivity (Wildman–Crippen MR) is 80.8 cm³/mol. The Labute approximate surface area is 120 Å². The molecule has 0 radical (unpaired) electrons. The fourth-order valence-corrected chi connectivity index (χ4v) is 2.74. The molecule has 0 fully saturated rings. The van der Waals surface area contributed by atoms with Crippen LogP contribution in [0.3, 0.4) is 0 Å². The molecule has 0 saturated carbocycles. The normalized spacial score (nSPS) is 21.8. The molecule has 1 aliphatic rings. The van der Waals surface area contributed by atoms with Crippen molar-refractivity contribution in [1.82, 2.24) is 5.32 Å². The van der Waals surface area contributed by atoms with Crippen LogP contribution in [0.2, 0.25) is 0 Å². The molecule has 110 valence electrons. The van der Waals surface area contributed by atoms with Crippen LogP contribution in [0.15, 0.2) is 24.3 Å². The Morgan fingerprint density at radius 2 is 2.15 bits per heavy atom. The molecule has 2 rings (SSSR count). The molecule has 2 unspecified atom stereocenters. The highest BCUT2D eigenvalue weighted by molar-refractivity contribution is 5.82. The van der Waals surface area contributed by atoms with Crippen molar-refractivity contribution in [3.63, 3.8) is 0 Å². The van der Waals surface area contributed by atoms with Gasteiger partial charge < -0.3 is 15.4 Å². The average Bonchev–Trinajstić information content (AvgIpc) is 2.37. The summed E-state index contributed by atoms with van der Waals surface area (Å²) in [6, 6.07) is 8.30. The first-order chi connectivity index (χ1) is 9.43. The van der Waals surface area contributed by atoms with E-state index in [0.29, 0.717) is 6.61 Å². The Morgan fingerprint density at radius 3 is 2.85 bits per heavy atom. The number of nitrogens with one attached hydrogen (secondary N) is 2. The van der Waals surface area contributed by atoms with Gasteiger partial charge in [0, 0.05) is 18.8 Å². The van der Waals surface area contributed by atoms with Crippen molar-refractivity contribution in [3.05, 3.63) is 29.8 Å². The van der Waals surface area contributed by atoms with E-state index in [0.717, 1.165) is 12.1 Å². The number of ether oxygens (including phenoxy) is 1. The van der Waals surface area contributed by atoms with Gasteiger partial charge in [-0.05, 0) is 38.8 Å². The molecule has 1 aliphatic heterocycles. The summed E-state index contributed by atoms with van der Waals surface area (Å²) in [6.07, 6.45) is 0.777. The number of carbonyl (C=O) groups is 1. The molecule has 1 aromatic rings. The fraction of sp³-hybridized carbons (Fsp3) is 0.562. The van der Waals surface area contributed by atoms with Crippen molar-refractivity contribution in [2.45, 2.75) is 38.8 Å². The zero-order valence-corrected chi connectivity index (χ0v) is 12.7. The Morgan fingerprint density at radius 1 is 1.45 bits per heavy atom. The minimum Gasteiger partial charge on any atom is -0.382 e. The molecule has 0 spiro atoms. The Bertz CT molecular complexity index is 485. The third-order valence-corrected chi connectivity index (χ3v) is 3.75. The van der Waals surface area contributed by atoms with Gasteiger partial charge in [-0.1, -0.05) is 18.2 Å². The lowest BCUT2D eigenvalue weighted by molar-refractivity contribution is -0.127.